The highest BCUT2D eigenvalue weighted by atomic mass is 32.2. The Balaban J connectivity index is 2.68. The molecule has 0 radical (unpaired) electrons. The molecule has 0 bridgehead atoms. The molecule has 0 amide bonds. The Bertz CT molecular complexity index is 371. The number of carbonyl (C=O) groups is 1. The highest BCUT2D eigenvalue weighted by molar-refractivity contribution is 7.92. The third kappa shape index (κ3) is 2.39. The van der Waals surface area contributed by atoms with E-state index in [-0.39, 0.29) is 12.2 Å². The fourth-order valence-electron chi connectivity index (χ4n) is 1.81. The molecule has 0 spiro atoms. The van der Waals surface area contributed by atoms with Gasteiger partial charge in [0, 0.05) is 0 Å². The van der Waals surface area contributed by atoms with E-state index in [1.807, 2.05) is 0 Å². The first-order chi connectivity index (χ1) is 7.11. The molecule has 0 heterocycles. The number of hydrogen-bond acceptors (Lipinski definition) is 3. The molecule has 1 rings (SSSR count). The highest BCUT2D eigenvalue weighted by Gasteiger charge is 2.45. The van der Waals surface area contributed by atoms with Crippen molar-refractivity contribution in [1.29, 1.82) is 0 Å². The van der Waals surface area contributed by atoms with E-state index in [1.54, 1.807) is 20.8 Å². The first-order valence-electron chi connectivity index (χ1n) is 5.56. The molecule has 0 aromatic carbocycles. The molecule has 1 aliphatic carbocycles. The molecule has 1 aliphatic rings. The van der Waals surface area contributed by atoms with Crippen LogP contribution in [0.4, 0.5) is 0 Å². The lowest BCUT2D eigenvalue weighted by Gasteiger charge is -2.38. The van der Waals surface area contributed by atoms with Crippen molar-refractivity contribution < 1.29 is 18.3 Å². The molecule has 0 aromatic rings. The van der Waals surface area contributed by atoms with Crippen molar-refractivity contribution in [2.45, 2.75) is 51.2 Å². The van der Waals surface area contributed by atoms with Gasteiger partial charge in [-0.05, 0) is 40.0 Å². The molecule has 4 nitrogen and oxygen atoms in total. The first kappa shape index (κ1) is 13.5. The predicted octanol–water partition coefficient (Wildman–Crippen LogP) is 1.84. The first-order valence-corrected chi connectivity index (χ1v) is 7.22. The number of carboxylic acid groups (broad SMARTS) is 1. The summed E-state index contributed by atoms with van der Waals surface area (Å²) in [5, 5.41) is 9.09. The van der Waals surface area contributed by atoms with Gasteiger partial charge in [-0.3, -0.25) is 4.79 Å². The number of hydrogen-bond donors (Lipinski definition) is 1. The maximum absolute atomic E-state index is 11.9. The Kier molecular flexibility index (Phi) is 3.39. The van der Waals surface area contributed by atoms with Gasteiger partial charge in [-0.15, -0.1) is 0 Å². The van der Waals surface area contributed by atoms with Crippen LogP contribution in [0.25, 0.3) is 0 Å². The van der Waals surface area contributed by atoms with Gasteiger partial charge in [0.1, 0.15) is 0 Å². The fourth-order valence-corrected chi connectivity index (χ4v) is 3.08. The van der Waals surface area contributed by atoms with Gasteiger partial charge >= 0.3 is 5.97 Å². The van der Waals surface area contributed by atoms with E-state index in [1.165, 1.54) is 0 Å². The van der Waals surface area contributed by atoms with Crippen molar-refractivity contribution in [3.05, 3.63) is 0 Å². The minimum absolute atomic E-state index is 0.0250. The SMILES string of the molecule is CC(C)(C)S(=O)(=O)CCC1(C(=O)O)CCC1. The number of sulfone groups is 1. The van der Waals surface area contributed by atoms with E-state index < -0.39 is 26.0 Å². The van der Waals surface area contributed by atoms with Gasteiger partial charge < -0.3 is 5.11 Å². The second-order valence-electron chi connectivity index (χ2n) is 5.62. The van der Waals surface area contributed by atoms with Gasteiger partial charge in [-0.25, -0.2) is 8.42 Å². The lowest BCUT2D eigenvalue weighted by atomic mass is 9.67. The van der Waals surface area contributed by atoms with E-state index in [0.717, 1.165) is 6.42 Å². The second kappa shape index (κ2) is 4.02. The minimum atomic E-state index is -3.20. The van der Waals surface area contributed by atoms with Crippen LogP contribution in [0.1, 0.15) is 46.5 Å². The Morgan fingerprint density at radius 1 is 1.31 bits per heavy atom. The smallest absolute Gasteiger partial charge is 0.309 e. The van der Waals surface area contributed by atoms with E-state index in [4.69, 9.17) is 5.11 Å². The average Bonchev–Trinajstić information content (AvgIpc) is 1.98. The summed E-state index contributed by atoms with van der Waals surface area (Å²) >= 11 is 0. The van der Waals surface area contributed by atoms with Crippen LogP contribution in [0, 0.1) is 5.41 Å². The standard InChI is InChI=1S/C11H20O4S/c1-10(2,3)16(14,15)8-7-11(9(12)13)5-4-6-11/h4-8H2,1-3H3,(H,12,13). The summed E-state index contributed by atoms with van der Waals surface area (Å²) in [4.78, 5) is 11.1. The third-order valence-corrected chi connectivity index (χ3v) is 6.15. The van der Waals surface area contributed by atoms with Crippen molar-refractivity contribution in [3.63, 3.8) is 0 Å². The van der Waals surface area contributed by atoms with Crippen molar-refractivity contribution >= 4 is 15.8 Å². The molecule has 1 fully saturated rings. The van der Waals surface area contributed by atoms with Gasteiger partial charge in [0.2, 0.25) is 0 Å². The zero-order valence-electron chi connectivity index (χ0n) is 10.1. The zero-order chi connectivity index (χ0) is 12.6. The molecule has 16 heavy (non-hydrogen) atoms. The maximum Gasteiger partial charge on any atom is 0.309 e. The van der Waals surface area contributed by atoms with Gasteiger partial charge in [0.25, 0.3) is 0 Å². The fraction of sp³-hybridized carbons (Fsp3) is 0.909. The molecule has 1 N–H and O–H groups in total. The van der Waals surface area contributed by atoms with Gasteiger partial charge in [0.15, 0.2) is 9.84 Å². The molecule has 0 aromatic heterocycles. The summed E-state index contributed by atoms with van der Waals surface area (Å²) in [7, 11) is -3.20. The van der Waals surface area contributed by atoms with E-state index in [9.17, 15) is 13.2 Å². The maximum atomic E-state index is 11.9. The molecule has 94 valence electrons. The van der Waals surface area contributed by atoms with Crippen LogP contribution in [0.3, 0.4) is 0 Å². The van der Waals surface area contributed by atoms with E-state index >= 15 is 0 Å². The number of aliphatic carboxylic acids is 1. The summed E-state index contributed by atoms with van der Waals surface area (Å²) in [6.07, 6.45) is 2.37. The predicted molar refractivity (Wildman–Crippen MR) is 62.1 cm³/mol. The molecule has 0 aliphatic heterocycles. The van der Waals surface area contributed by atoms with Crippen molar-refractivity contribution in [3.8, 4) is 0 Å². The molecule has 0 saturated heterocycles. The van der Waals surface area contributed by atoms with Crippen LogP contribution in [-0.2, 0) is 14.6 Å². The van der Waals surface area contributed by atoms with Gasteiger partial charge in [0.05, 0.1) is 15.9 Å². The van der Waals surface area contributed by atoms with Crippen LogP contribution >= 0.6 is 0 Å². The summed E-state index contributed by atoms with van der Waals surface area (Å²) in [5.41, 5.74) is -0.766. The lowest BCUT2D eigenvalue weighted by molar-refractivity contribution is -0.154. The van der Waals surface area contributed by atoms with Crippen molar-refractivity contribution in [1.82, 2.24) is 0 Å². The Morgan fingerprint density at radius 3 is 2.06 bits per heavy atom. The Morgan fingerprint density at radius 2 is 1.81 bits per heavy atom. The Hall–Kier alpha value is -0.580. The number of rotatable bonds is 4. The molecule has 0 unspecified atom stereocenters. The third-order valence-electron chi connectivity index (χ3n) is 3.55. The molecule has 1 saturated carbocycles. The zero-order valence-corrected chi connectivity index (χ0v) is 10.9. The molecular weight excluding hydrogens is 228 g/mol. The van der Waals surface area contributed by atoms with Crippen molar-refractivity contribution in [2.75, 3.05) is 5.75 Å². The topological polar surface area (TPSA) is 71.4 Å². The molecule has 5 heteroatoms. The molecular formula is C11H20O4S. The Labute approximate surface area is 97.0 Å². The molecule has 0 atom stereocenters. The van der Waals surface area contributed by atoms with E-state index in [0.29, 0.717) is 12.8 Å². The summed E-state index contributed by atoms with van der Waals surface area (Å²) in [6.45, 7) is 4.95. The quantitative estimate of drug-likeness (QED) is 0.824. The monoisotopic (exact) mass is 248 g/mol. The van der Waals surface area contributed by atoms with Crippen LogP contribution in [-0.4, -0.2) is 30.0 Å². The second-order valence-corrected chi connectivity index (χ2v) is 8.48. The largest absolute Gasteiger partial charge is 0.481 e. The van der Waals surface area contributed by atoms with Crippen LogP contribution < -0.4 is 0 Å². The highest BCUT2D eigenvalue weighted by Crippen LogP contribution is 2.44. The van der Waals surface area contributed by atoms with Crippen molar-refractivity contribution in [2.24, 2.45) is 5.41 Å². The van der Waals surface area contributed by atoms with Gasteiger partial charge in [-0.1, -0.05) is 6.42 Å². The van der Waals surface area contributed by atoms with Crippen LogP contribution in [0.5, 0.6) is 0 Å². The van der Waals surface area contributed by atoms with Crippen LogP contribution in [0.15, 0.2) is 0 Å². The minimum Gasteiger partial charge on any atom is -0.481 e. The normalized spacial score (nSPS) is 20.2. The van der Waals surface area contributed by atoms with Gasteiger partial charge in [-0.2, -0.15) is 0 Å². The number of carboxylic acids is 1. The summed E-state index contributed by atoms with van der Waals surface area (Å²) in [6, 6.07) is 0. The van der Waals surface area contributed by atoms with E-state index in [2.05, 4.69) is 0 Å². The summed E-state index contributed by atoms with van der Waals surface area (Å²) < 4.78 is 22.9. The lowest BCUT2D eigenvalue weighted by Crippen LogP contribution is -2.41. The summed E-state index contributed by atoms with van der Waals surface area (Å²) in [5.74, 6) is -0.870. The van der Waals surface area contributed by atoms with Crippen LogP contribution in [0.2, 0.25) is 0 Å². The average molecular weight is 248 g/mol.